The van der Waals surface area contributed by atoms with Gasteiger partial charge in [0.1, 0.15) is 0 Å². The lowest BCUT2D eigenvalue weighted by Crippen LogP contribution is -2.16. The Morgan fingerprint density at radius 2 is 1.69 bits per heavy atom. The molecule has 0 unspecified atom stereocenters. The normalized spacial score (nSPS) is 13.2. The summed E-state index contributed by atoms with van der Waals surface area (Å²) in [6, 6.07) is 0. The lowest BCUT2D eigenvalue weighted by atomic mass is 9.84. The van der Waals surface area contributed by atoms with Crippen LogP contribution in [0.2, 0.25) is 0 Å². The summed E-state index contributed by atoms with van der Waals surface area (Å²) in [4.78, 5) is 1.58. The van der Waals surface area contributed by atoms with E-state index < -0.39 is 0 Å². The minimum Gasteiger partial charge on any atom is -0.0663 e. The fraction of sp³-hybridized carbons (Fsp3) is 0.769. The van der Waals surface area contributed by atoms with Crippen LogP contribution in [0.15, 0.2) is 4.21 Å². The molecular formula is C13H23S3+. The summed E-state index contributed by atoms with van der Waals surface area (Å²) in [5.74, 6) is 0. The van der Waals surface area contributed by atoms with Crippen molar-refractivity contribution in [2.24, 2.45) is 5.41 Å². The summed E-state index contributed by atoms with van der Waals surface area (Å²) in [6.45, 7) is 13.9. The molecular weight excluding hydrogens is 252 g/mol. The van der Waals surface area contributed by atoms with E-state index in [1.54, 1.807) is 10.4 Å². The highest BCUT2D eigenvalue weighted by molar-refractivity contribution is 8.02. The fourth-order valence-electron chi connectivity index (χ4n) is 1.69. The molecule has 1 aromatic heterocycles. The maximum Gasteiger partial charge on any atom is 0.308 e. The maximum absolute atomic E-state index is 2.33. The molecule has 0 radical (unpaired) electrons. The van der Waals surface area contributed by atoms with Gasteiger partial charge in [-0.05, 0) is 18.1 Å². The molecule has 0 aliphatic carbocycles. The third-order valence-corrected chi connectivity index (χ3v) is 6.74. The fourth-order valence-corrected chi connectivity index (χ4v) is 6.22. The van der Waals surface area contributed by atoms with Crippen molar-refractivity contribution in [3.63, 3.8) is 0 Å². The zero-order valence-electron chi connectivity index (χ0n) is 11.4. The molecule has 0 N–H and O–H groups in total. The standard InChI is InChI=1S/C13H23S3/c1-12(2,3)8-9-10(13(4,5)6)15-16-11(9)14-7/h8H2,1-7H3/q+1. The SMILES string of the molecule is CSc1[s+]sc(C(C)(C)C)c1CC(C)(C)C. The molecule has 1 heterocycles. The first-order chi connectivity index (χ1) is 7.15. The summed E-state index contributed by atoms with van der Waals surface area (Å²) < 4.78 is 1.52. The van der Waals surface area contributed by atoms with Crippen LogP contribution in [0.1, 0.15) is 52.0 Å². The second-order valence-electron chi connectivity index (χ2n) is 6.45. The highest BCUT2D eigenvalue weighted by Crippen LogP contribution is 2.43. The zero-order chi connectivity index (χ0) is 12.6. The van der Waals surface area contributed by atoms with Crippen molar-refractivity contribution in [1.29, 1.82) is 0 Å². The van der Waals surface area contributed by atoms with Gasteiger partial charge in [-0.3, -0.25) is 0 Å². The first kappa shape index (κ1) is 14.5. The van der Waals surface area contributed by atoms with Crippen LogP contribution in [-0.4, -0.2) is 6.26 Å². The van der Waals surface area contributed by atoms with Crippen molar-refractivity contribution >= 4 is 32.4 Å². The third kappa shape index (κ3) is 3.71. The smallest absolute Gasteiger partial charge is 0.0663 e. The minimum absolute atomic E-state index is 0.287. The van der Waals surface area contributed by atoms with E-state index in [0.29, 0.717) is 5.41 Å². The van der Waals surface area contributed by atoms with E-state index >= 15 is 0 Å². The second kappa shape index (κ2) is 4.95. The van der Waals surface area contributed by atoms with Crippen molar-refractivity contribution in [3.05, 3.63) is 10.4 Å². The van der Waals surface area contributed by atoms with Crippen LogP contribution in [0.25, 0.3) is 0 Å². The lowest BCUT2D eigenvalue weighted by molar-refractivity contribution is 0.405. The molecule has 0 aliphatic rings. The summed E-state index contributed by atoms with van der Waals surface area (Å²) in [7, 11) is 3.92. The Morgan fingerprint density at radius 3 is 2.06 bits per heavy atom. The molecule has 3 heteroatoms. The van der Waals surface area contributed by atoms with Crippen LogP contribution in [0.5, 0.6) is 0 Å². The van der Waals surface area contributed by atoms with Crippen molar-refractivity contribution in [2.75, 3.05) is 6.26 Å². The van der Waals surface area contributed by atoms with E-state index in [9.17, 15) is 0 Å². The van der Waals surface area contributed by atoms with Crippen LogP contribution < -0.4 is 0 Å². The Hall–Kier alpha value is 0.400. The molecule has 0 atom stereocenters. The van der Waals surface area contributed by atoms with E-state index in [2.05, 4.69) is 47.8 Å². The summed E-state index contributed by atoms with van der Waals surface area (Å²) in [5, 5.41) is 0. The number of hydrogen-bond donors (Lipinski definition) is 0. The van der Waals surface area contributed by atoms with Gasteiger partial charge < -0.3 is 0 Å². The molecule has 0 amide bonds. The molecule has 0 bridgehead atoms. The molecule has 0 saturated heterocycles. The lowest BCUT2D eigenvalue weighted by Gasteiger charge is -2.21. The van der Waals surface area contributed by atoms with Crippen LogP contribution in [-0.2, 0) is 11.8 Å². The second-order valence-corrected chi connectivity index (χ2v) is 9.68. The topological polar surface area (TPSA) is 0 Å². The van der Waals surface area contributed by atoms with Crippen LogP contribution in [0.4, 0.5) is 0 Å². The van der Waals surface area contributed by atoms with Gasteiger partial charge in [0.25, 0.3) is 4.21 Å². The van der Waals surface area contributed by atoms with Gasteiger partial charge in [-0.25, -0.2) is 0 Å². The van der Waals surface area contributed by atoms with Crippen molar-refractivity contribution in [3.8, 4) is 0 Å². The van der Waals surface area contributed by atoms with Crippen LogP contribution in [0.3, 0.4) is 0 Å². The van der Waals surface area contributed by atoms with Gasteiger partial charge in [0, 0.05) is 11.0 Å². The van der Waals surface area contributed by atoms with E-state index in [1.807, 2.05) is 32.4 Å². The quantitative estimate of drug-likeness (QED) is 0.379. The Morgan fingerprint density at radius 1 is 1.12 bits per heavy atom. The van der Waals surface area contributed by atoms with E-state index in [-0.39, 0.29) is 5.41 Å². The molecule has 0 aromatic carbocycles. The largest absolute Gasteiger partial charge is 0.308 e. The third-order valence-electron chi connectivity index (χ3n) is 2.29. The first-order valence-corrected chi connectivity index (χ1v) is 9.02. The highest BCUT2D eigenvalue weighted by atomic mass is 32.9. The molecule has 16 heavy (non-hydrogen) atoms. The zero-order valence-corrected chi connectivity index (χ0v) is 13.9. The van der Waals surface area contributed by atoms with E-state index in [1.165, 1.54) is 10.6 Å². The average molecular weight is 276 g/mol. The van der Waals surface area contributed by atoms with E-state index in [0.717, 1.165) is 0 Å². The molecule has 0 fully saturated rings. The molecule has 0 aliphatic heterocycles. The van der Waals surface area contributed by atoms with Crippen molar-refractivity contribution in [1.82, 2.24) is 0 Å². The Labute approximate surface area is 112 Å². The van der Waals surface area contributed by atoms with Gasteiger partial charge in [-0.15, -0.1) is 0 Å². The molecule has 1 aromatic rings. The Balaban J connectivity index is 3.17. The van der Waals surface area contributed by atoms with Gasteiger partial charge in [0.2, 0.25) is 0 Å². The predicted octanol–water partition coefficient (Wildman–Crippen LogP) is 5.70. The predicted molar refractivity (Wildman–Crippen MR) is 80.2 cm³/mol. The molecule has 0 nitrogen and oxygen atoms in total. The Bertz CT molecular complexity index is 350. The van der Waals surface area contributed by atoms with Gasteiger partial charge in [-0.1, -0.05) is 53.3 Å². The molecule has 1 rings (SSSR count). The highest BCUT2D eigenvalue weighted by Gasteiger charge is 2.32. The van der Waals surface area contributed by atoms with Gasteiger partial charge in [-0.2, -0.15) is 0 Å². The van der Waals surface area contributed by atoms with E-state index in [4.69, 9.17) is 0 Å². The maximum atomic E-state index is 2.33. The Kier molecular flexibility index (Phi) is 4.47. The number of hydrogen-bond acceptors (Lipinski definition) is 2. The number of rotatable bonds is 2. The summed E-state index contributed by atoms with van der Waals surface area (Å²) in [6.07, 6.45) is 3.38. The molecule has 0 saturated carbocycles. The van der Waals surface area contributed by atoms with Gasteiger partial charge >= 0.3 is 10.3 Å². The summed E-state index contributed by atoms with van der Waals surface area (Å²) in [5.41, 5.74) is 2.26. The summed E-state index contributed by atoms with van der Waals surface area (Å²) >= 11 is 1.90. The average Bonchev–Trinajstić information content (AvgIpc) is 2.43. The number of thioether (sulfide) groups is 1. The van der Waals surface area contributed by atoms with Gasteiger partial charge in [0.05, 0.1) is 4.88 Å². The van der Waals surface area contributed by atoms with Crippen molar-refractivity contribution < 1.29 is 0 Å². The van der Waals surface area contributed by atoms with Crippen molar-refractivity contribution in [2.45, 2.75) is 57.6 Å². The van der Waals surface area contributed by atoms with Gasteiger partial charge in [0.15, 0.2) is 10.3 Å². The molecule has 92 valence electrons. The minimum atomic E-state index is 0.287. The van der Waals surface area contributed by atoms with Crippen LogP contribution >= 0.6 is 32.4 Å². The monoisotopic (exact) mass is 275 g/mol. The molecule has 0 spiro atoms. The van der Waals surface area contributed by atoms with Crippen LogP contribution in [0, 0.1) is 5.41 Å². The first-order valence-electron chi connectivity index (χ1n) is 5.64.